The molecule has 0 saturated carbocycles. The highest BCUT2D eigenvalue weighted by Crippen LogP contribution is 2.36. The van der Waals surface area contributed by atoms with Crippen molar-refractivity contribution in [3.05, 3.63) is 95.6 Å². The van der Waals surface area contributed by atoms with Gasteiger partial charge in [0.1, 0.15) is 24.4 Å². The van der Waals surface area contributed by atoms with Gasteiger partial charge in [-0.25, -0.2) is 0 Å². The highest BCUT2D eigenvalue weighted by atomic mass is 16.5. The predicted octanol–water partition coefficient (Wildman–Crippen LogP) is 2.47. The van der Waals surface area contributed by atoms with Gasteiger partial charge in [-0.1, -0.05) is 66.7 Å². The fourth-order valence-electron chi connectivity index (χ4n) is 4.28. The van der Waals surface area contributed by atoms with Crippen molar-refractivity contribution in [3.8, 4) is 5.75 Å². The topological polar surface area (TPSA) is 114 Å². The summed E-state index contributed by atoms with van der Waals surface area (Å²) in [6.45, 7) is 1.99. The van der Waals surface area contributed by atoms with Crippen molar-refractivity contribution in [2.45, 2.75) is 38.1 Å². The minimum absolute atomic E-state index is 0.288. The summed E-state index contributed by atoms with van der Waals surface area (Å²) in [5.41, 5.74) is 8.60. The van der Waals surface area contributed by atoms with Crippen LogP contribution in [0.2, 0.25) is 0 Å². The molecule has 0 saturated heterocycles. The molecular weight excluding hydrogens is 456 g/mol. The van der Waals surface area contributed by atoms with E-state index >= 15 is 0 Å². The first-order chi connectivity index (χ1) is 17.4. The molecule has 36 heavy (non-hydrogen) atoms. The van der Waals surface area contributed by atoms with Crippen LogP contribution >= 0.6 is 0 Å². The Morgan fingerprint density at radius 3 is 2.39 bits per heavy atom. The van der Waals surface area contributed by atoms with E-state index in [2.05, 4.69) is 10.6 Å². The molecule has 0 aliphatic carbocycles. The number of carbonyl (C=O) groups excluding carboxylic acids is 3. The highest BCUT2D eigenvalue weighted by Gasteiger charge is 2.41. The van der Waals surface area contributed by atoms with Crippen LogP contribution in [-0.4, -0.2) is 36.9 Å². The summed E-state index contributed by atoms with van der Waals surface area (Å²) >= 11 is 0. The van der Waals surface area contributed by atoms with Crippen LogP contribution in [-0.2, 0) is 27.4 Å². The van der Waals surface area contributed by atoms with Gasteiger partial charge in [-0.3, -0.25) is 19.3 Å². The Hall–Kier alpha value is -4.17. The summed E-state index contributed by atoms with van der Waals surface area (Å²) in [5, 5.41) is 5.76. The maximum Gasteiger partial charge on any atom is 0.255 e. The zero-order valence-corrected chi connectivity index (χ0v) is 20.3. The molecule has 3 aromatic rings. The molecule has 0 fully saturated rings. The number of fused-ring (bicyclic) bond motifs is 1. The maximum absolute atomic E-state index is 14.1. The van der Waals surface area contributed by atoms with Crippen LogP contribution in [0.25, 0.3) is 0 Å². The van der Waals surface area contributed by atoms with Crippen molar-refractivity contribution in [2.75, 3.05) is 11.9 Å². The summed E-state index contributed by atoms with van der Waals surface area (Å²) in [6.07, 6.45) is 0.316. The van der Waals surface area contributed by atoms with Crippen LogP contribution in [0.1, 0.15) is 29.7 Å². The first-order valence-corrected chi connectivity index (χ1v) is 11.8. The van der Waals surface area contributed by atoms with E-state index in [1.54, 1.807) is 50.4 Å². The Morgan fingerprint density at radius 1 is 1.00 bits per heavy atom. The number of likely N-dealkylation sites (N-methyl/N-ethyl adjacent to an activating group) is 1. The molecule has 3 aromatic carbocycles. The Bertz CT molecular complexity index is 1250. The number of para-hydroxylation sites is 2. The molecule has 8 nitrogen and oxygen atoms in total. The van der Waals surface area contributed by atoms with Crippen LogP contribution in [0, 0.1) is 0 Å². The van der Waals surface area contributed by atoms with Gasteiger partial charge in [0, 0.05) is 17.7 Å². The number of benzene rings is 3. The third-order valence-corrected chi connectivity index (χ3v) is 6.37. The lowest BCUT2D eigenvalue weighted by Crippen LogP contribution is -2.52. The number of amides is 3. The molecule has 1 aliphatic rings. The van der Waals surface area contributed by atoms with Crippen molar-refractivity contribution in [2.24, 2.45) is 5.73 Å². The summed E-state index contributed by atoms with van der Waals surface area (Å²) in [6, 6.07) is 21.5. The fourth-order valence-corrected chi connectivity index (χ4v) is 4.28. The van der Waals surface area contributed by atoms with E-state index in [0.29, 0.717) is 23.4 Å². The monoisotopic (exact) mass is 486 g/mol. The molecule has 0 spiro atoms. The van der Waals surface area contributed by atoms with E-state index in [9.17, 15) is 14.4 Å². The van der Waals surface area contributed by atoms with Crippen LogP contribution in [0.15, 0.2) is 78.9 Å². The Balaban J connectivity index is 1.73. The number of hydrogen-bond donors (Lipinski definition) is 3. The number of anilines is 1. The van der Waals surface area contributed by atoms with Gasteiger partial charge >= 0.3 is 0 Å². The van der Waals surface area contributed by atoms with E-state index < -0.39 is 29.9 Å². The van der Waals surface area contributed by atoms with Gasteiger partial charge in [-0.05, 0) is 37.2 Å². The van der Waals surface area contributed by atoms with Crippen molar-refractivity contribution >= 4 is 23.4 Å². The molecule has 3 atom stereocenters. The largest absolute Gasteiger partial charge is 0.489 e. The minimum Gasteiger partial charge on any atom is -0.489 e. The van der Waals surface area contributed by atoms with E-state index in [1.807, 2.05) is 42.5 Å². The molecule has 1 heterocycles. The fraction of sp³-hybridized carbons (Fsp3) is 0.250. The second-order valence-electron chi connectivity index (χ2n) is 8.72. The van der Waals surface area contributed by atoms with Gasteiger partial charge in [0.15, 0.2) is 0 Å². The first kappa shape index (κ1) is 24.9. The Labute approximate surface area is 210 Å². The lowest BCUT2D eigenvalue weighted by Gasteiger charge is -2.30. The lowest BCUT2D eigenvalue weighted by molar-refractivity contribution is -0.129. The standard InChI is InChI=1S/C28H30N4O4/c1-18(30-2)27(34)31-25(21-13-7-9-15-24(21)36-17-19-10-4-3-5-11-19)28(35)32-22-14-8-6-12-20(22)16-23(32)26(29)33/h3-15,18,23,25,30H,16-17H2,1-2H3,(H2,29,33)(H,31,34). The van der Waals surface area contributed by atoms with Crippen LogP contribution in [0.3, 0.4) is 0 Å². The normalized spacial score (nSPS) is 16.1. The second kappa shape index (κ2) is 11.0. The first-order valence-electron chi connectivity index (χ1n) is 11.8. The molecule has 4 rings (SSSR count). The van der Waals surface area contributed by atoms with Gasteiger partial charge in [-0.15, -0.1) is 0 Å². The number of nitrogens with zero attached hydrogens (tertiary/aromatic N) is 1. The maximum atomic E-state index is 14.1. The third-order valence-electron chi connectivity index (χ3n) is 6.37. The number of hydrogen-bond acceptors (Lipinski definition) is 5. The van der Waals surface area contributed by atoms with Gasteiger partial charge in [0.2, 0.25) is 11.8 Å². The zero-order valence-electron chi connectivity index (χ0n) is 20.3. The quantitative estimate of drug-likeness (QED) is 0.430. The smallest absolute Gasteiger partial charge is 0.255 e. The van der Waals surface area contributed by atoms with Gasteiger partial charge in [0.25, 0.3) is 5.91 Å². The molecular formula is C28H30N4O4. The van der Waals surface area contributed by atoms with Gasteiger partial charge < -0.3 is 21.1 Å². The lowest BCUT2D eigenvalue weighted by atomic mass is 10.0. The van der Waals surface area contributed by atoms with Crippen LogP contribution in [0.4, 0.5) is 5.69 Å². The summed E-state index contributed by atoms with van der Waals surface area (Å²) < 4.78 is 6.10. The molecule has 0 bridgehead atoms. The number of nitrogens with two attached hydrogens (primary N) is 1. The molecule has 8 heteroatoms. The third kappa shape index (κ3) is 5.23. The molecule has 186 valence electrons. The molecule has 1 aliphatic heterocycles. The number of rotatable bonds is 9. The second-order valence-corrected chi connectivity index (χ2v) is 8.72. The number of ether oxygens (including phenoxy) is 1. The molecule has 3 unspecified atom stereocenters. The summed E-state index contributed by atoms with van der Waals surface area (Å²) in [5.74, 6) is -0.977. The van der Waals surface area contributed by atoms with Crippen molar-refractivity contribution in [3.63, 3.8) is 0 Å². The van der Waals surface area contributed by atoms with Gasteiger partial charge in [0.05, 0.1) is 6.04 Å². The number of nitrogens with one attached hydrogen (secondary N) is 2. The minimum atomic E-state index is -1.10. The Morgan fingerprint density at radius 2 is 1.67 bits per heavy atom. The van der Waals surface area contributed by atoms with E-state index in [4.69, 9.17) is 10.5 Å². The van der Waals surface area contributed by atoms with Crippen LogP contribution in [0.5, 0.6) is 5.75 Å². The van der Waals surface area contributed by atoms with E-state index in [0.717, 1.165) is 11.1 Å². The molecule has 0 aromatic heterocycles. The SMILES string of the molecule is CNC(C)C(=O)NC(C(=O)N1c2ccccc2CC1C(N)=O)c1ccccc1OCc1ccccc1. The van der Waals surface area contributed by atoms with Crippen molar-refractivity contribution in [1.29, 1.82) is 0 Å². The summed E-state index contributed by atoms with van der Waals surface area (Å²) in [4.78, 5) is 40.8. The van der Waals surface area contributed by atoms with E-state index in [1.165, 1.54) is 4.90 Å². The molecule has 4 N–H and O–H groups in total. The van der Waals surface area contributed by atoms with Crippen molar-refractivity contribution in [1.82, 2.24) is 10.6 Å². The summed E-state index contributed by atoms with van der Waals surface area (Å²) in [7, 11) is 1.66. The van der Waals surface area contributed by atoms with E-state index in [-0.39, 0.29) is 12.5 Å². The predicted molar refractivity (Wildman–Crippen MR) is 137 cm³/mol. The highest BCUT2D eigenvalue weighted by molar-refractivity contribution is 6.07. The average molecular weight is 487 g/mol. The number of primary amides is 1. The van der Waals surface area contributed by atoms with Crippen molar-refractivity contribution < 1.29 is 19.1 Å². The van der Waals surface area contributed by atoms with Gasteiger partial charge in [-0.2, -0.15) is 0 Å². The van der Waals surface area contributed by atoms with Crippen LogP contribution < -0.4 is 26.0 Å². The molecule has 3 amide bonds. The zero-order chi connectivity index (χ0) is 25.7. The Kier molecular flexibility index (Phi) is 7.65. The number of carbonyl (C=O) groups is 3. The average Bonchev–Trinajstić information content (AvgIpc) is 3.30. The molecule has 0 radical (unpaired) electrons.